The number of carbonyl (C=O) groups excluding carboxylic acids is 3. The molecule has 1 atom stereocenters. The standard InChI is InChI=1S/C20H26N4O5S/c1-12(10-22-19(28)29-20(2,3)4)23-17(27)15-11-21-18(30-15)24-16(26)9-13-6-5-7-14(25)8-13/h5-8,11-12,25H,9-10H2,1-4H3,(H,22,28)(H,23,27)(H,21,24,26). The van der Waals surface area contributed by atoms with Crippen LogP contribution in [0.1, 0.15) is 42.9 Å². The molecular weight excluding hydrogens is 408 g/mol. The van der Waals surface area contributed by atoms with Gasteiger partial charge in [-0.2, -0.15) is 0 Å². The lowest BCUT2D eigenvalue weighted by Crippen LogP contribution is -2.43. The van der Waals surface area contributed by atoms with Crippen LogP contribution in [-0.2, 0) is 16.0 Å². The van der Waals surface area contributed by atoms with Gasteiger partial charge in [0.2, 0.25) is 5.91 Å². The highest BCUT2D eigenvalue weighted by atomic mass is 32.1. The molecule has 3 amide bonds. The minimum atomic E-state index is -0.596. The summed E-state index contributed by atoms with van der Waals surface area (Å²) in [5, 5.41) is 17.7. The third-order valence-electron chi connectivity index (χ3n) is 3.58. The van der Waals surface area contributed by atoms with Crippen molar-refractivity contribution in [2.45, 2.75) is 45.8 Å². The van der Waals surface area contributed by atoms with E-state index in [0.717, 1.165) is 11.3 Å². The van der Waals surface area contributed by atoms with Gasteiger partial charge >= 0.3 is 6.09 Å². The van der Waals surface area contributed by atoms with Crippen molar-refractivity contribution in [2.75, 3.05) is 11.9 Å². The summed E-state index contributed by atoms with van der Waals surface area (Å²) in [6.45, 7) is 7.24. The van der Waals surface area contributed by atoms with Crippen molar-refractivity contribution in [3.05, 3.63) is 40.9 Å². The number of ether oxygens (including phenoxy) is 1. The van der Waals surface area contributed by atoms with E-state index in [4.69, 9.17) is 4.74 Å². The molecule has 30 heavy (non-hydrogen) atoms. The Kier molecular flexibility index (Phi) is 7.76. The Bertz CT molecular complexity index is 907. The van der Waals surface area contributed by atoms with Crippen molar-refractivity contribution in [3.63, 3.8) is 0 Å². The number of rotatable bonds is 7. The van der Waals surface area contributed by atoms with E-state index in [-0.39, 0.29) is 36.6 Å². The average molecular weight is 435 g/mol. The van der Waals surface area contributed by atoms with Crippen molar-refractivity contribution in [1.29, 1.82) is 0 Å². The molecule has 0 aliphatic carbocycles. The zero-order chi connectivity index (χ0) is 22.3. The highest BCUT2D eigenvalue weighted by Gasteiger charge is 2.18. The van der Waals surface area contributed by atoms with Gasteiger partial charge in [-0.25, -0.2) is 9.78 Å². The summed E-state index contributed by atoms with van der Waals surface area (Å²) in [7, 11) is 0. The SMILES string of the molecule is CC(CNC(=O)OC(C)(C)C)NC(=O)c1cnc(NC(=O)Cc2cccc(O)c2)s1. The van der Waals surface area contributed by atoms with Crippen molar-refractivity contribution < 1.29 is 24.2 Å². The van der Waals surface area contributed by atoms with E-state index in [2.05, 4.69) is 20.9 Å². The molecule has 0 saturated heterocycles. The molecule has 4 N–H and O–H groups in total. The molecule has 0 bridgehead atoms. The number of phenols is 1. The minimum Gasteiger partial charge on any atom is -0.508 e. The molecule has 1 aromatic carbocycles. The van der Waals surface area contributed by atoms with Crippen LogP contribution in [0, 0.1) is 0 Å². The summed E-state index contributed by atoms with van der Waals surface area (Å²) in [6.07, 6.45) is 0.888. The maximum absolute atomic E-state index is 12.3. The zero-order valence-electron chi connectivity index (χ0n) is 17.3. The second-order valence-corrected chi connectivity index (χ2v) is 8.71. The van der Waals surface area contributed by atoms with Gasteiger partial charge in [0, 0.05) is 12.6 Å². The Labute approximate surface area is 178 Å². The number of phenolic OH excluding ortho intramolecular Hbond substituents is 1. The summed E-state index contributed by atoms with van der Waals surface area (Å²) in [5.41, 5.74) is 0.0642. The number of hydrogen-bond donors (Lipinski definition) is 4. The lowest BCUT2D eigenvalue weighted by Gasteiger charge is -2.21. The molecule has 9 nitrogen and oxygen atoms in total. The smallest absolute Gasteiger partial charge is 0.407 e. The largest absolute Gasteiger partial charge is 0.508 e. The highest BCUT2D eigenvalue weighted by Crippen LogP contribution is 2.19. The maximum Gasteiger partial charge on any atom is 0.407 e. The Balaban J connectivity index is 1.81. The van der Waals surface area contributed by atoms with Crippen LogP contribution in [-0.4, -0.2) is 46.2 Å². The molecule has 0 aliphatic rings. The number of aromatic nitrogens is 1. The first-order valence-corrected chi connectivity index (χ1v) is 10.1. The summed E-state index contributed by atoms with van der Waals surface area (Å²) in [6, 6.07) is 6.08. The molecule has 10 heteroatoms. The van der Waals surface area contributed by atoms with Crippen LogP contribution in [0.5, 0.6) is 5.75 Å². The maximum atomic E-state index is 12.3. The van der Waals surface area contributed by atoms with Gasteiger partial charge in [-0.3, -0.25) is 9.59 Å². The molecule has 0 radical (unpaired) electrons. The Morgan fingerprint density at radius 1 is 1.27 bits per heavy atom. The van der Waals surface area contributed by atoms with Gasteiger partial charge in [0.25, 0.3) is 5.91 Å². The fourth-order valence-corrected chi connectivity index (χ4v) is 3.08. The van der Waals surface area contributed by atoms with Crippen LogP contribution in [0.15, 0.2) is 30.5 Å². The lowest BCUT2D eigenvalue weighted by atomic mass is 10.1. The summed E-state index contributed by atoms with van der Waals surface area (Å²) in [5.74, 6) is -0.583. The quantitative estimate of drug-likeness (QED) is 0.530. The van der Waals surface area contributed by atoms with E-state index < -0.39 is 11.7 Å². The number of aromatic hydroxyl groups is 1. The van der Waals surface area contributed by atoms with Crippen LogP contribution in [0.2, 0.25) is 0 Å². The first kappa shape index (κ1) is 23.1. The highest BCUT2D eigenvalue weighted by molar-refractivity contribution is 7.17. The fourth-order valence-electron chi connectivity index (χ4n) is 2.35. The van der Waals surface area contributed by atoms with Gasteiger partial charge in [-0.15, -0.1) is 0 Å². The molecule has 2 aromatic rings. The number of thiazole rings is 1. The summed E-state index contributed by atoms with van der Waals surface area (Å²) in [4.78, 5) is 40.5. The molecule has 2 rings (SSSR count). The van der Waals surface area contributed by atoms with Gasteiger partial charge in [0.1, 0.15) is 16.2 Å². The zero-order valence-corrected chi connectivity index (χ0v) is 18.1. The van der Waals surface area contributed by atoms with Crippen LogP contribution < -0.4 is 16.0 Å². The predicted molar refractivity (Wildman–Crippen MR) is 114 cm³/mol. The Morgan fingerprint density at radius 2 is 2.00 bits per heavy atom. The molecule has 0 spiro atoms. The number of benzene rings is 1. The van der Waals surface area contributed by atoms with Crippen LogP contribution in [0.25, 0.3) is 0 Å². The topological polar surface area (TPSA) is 130 Å². The van der Waals surface area contributed by atoms with Crippen molar-refractivity contribution in [3.8, 4) is 5.75 Å². The summed E-state index contributed by atoms with van der Waals surface area (Å²) < 4.78 is 5.14. The van der Waals surface area contributed by atoms with Crippen molar-refractivity contribution >= 4 is 34.4 Å². The van der Waals surface area contributed by atoms with Gasteiger partial charge in [-0.05, 0) is 45.4 Å². The van der Waals surface area contributed by atoms with Gasteiger partial charge in [-0.1, -0.05) is 23.5 Å². The monoisotopic (exact) mass is 434 g/mol. The van der Waals surface area contributed by atoms with Crippen molar-refractivity contribution in [1.82, 2.24) is 15.6 Å². The molecule has 1 aromatic heterocycles. The number of nitrogens with one attached hydrogen (secondary N) is 3. The van der Waals surface area contributed by atoms with Crippen LogP contribution >= 0.6 is 11.3 Å². The first-order chi connectivity index (χ1) is 14.0. The Hall–Kier alpha value is -3.14. The van der Waals surface area contributed by atoms with Gasteiger partial charge in [0.15, 0.2) is 5.13 Å². The summed E-state index contributed by atoms with van der Waals surface area (Å²) >= 11 is 1.04. The van der Waals surface area contributed by atoms with Gasteiger partial charge < -0.3 is 25.8 Å². The predicted octanol–water partition coefficient (Wildman–Crippen LogP) is 2.67. The number of carbonyl (C=O) groups is 3. The van der Waals surface area contributed by atoms with E-state index >= 15 is 0 Å². The molecule has 1 heterocycles. The van der Waals surface area contributed by atoms with E-state index in [0.29, 0.717) is 15.6 Å². The number of anilines is 1. The van der Waals surface area contributed by atoms with Gasteiger partial charge in [0.05, 0.1) is 12.6 Å². The molecule has 1 unspecified atom stereocenters. The Morgan fingerprint density at radius 3 is 2.67 bits per heavy atom. The molecule has 0 fully saturated rings. The van der Waals surface area contributed by atoms with E-state index in [1.165, 1.54) is 18.3 Å². The average Bonchev–Trinajstić information content (AvgIpc) is 3.07. The van der Waals surface area contributed by atoms with E-state index in [1.807, 2.05) is 0 Å². The number of amides is 3. The van der Waals surface area contributed by atoms with Crippen LogP contribution in [0.4, 0.5) is 9.93 Å². The lowest BCUT2D eigenvalue weighted by molar-refractivity contribution is -0.115. The third-order valence-corrected chi connectivity index (χ3v) is 4.49. The molecular formula is C20H26N4O5S. The second-order valence-electron chi connectivity index (χ2n) is 7.68. The number of nitrogens with zero attached hydrogens (tertiary/aromatic N) is 1. The second kappa shape index (κ2) is 10.1. The van der Waals surface area contributed by atoms with Crippen molar-refractivity contribution in [2.24, 2.45) is 0 Å². The normalized spacial score (nSPS) is 12.0. The molecule has 162 valence electrons. The van der Waals surface area contributed by atoms with E-state index in [1.54, 1.807) is 39.8 Å². The first-order valence-electron chi connectivity index (χ1n) is 9.33. The molecule has 0 saturated carbocycles. The molecule has 0 aliphatic heterocycles. The third kappa shape index (κ3) is 8.08. The minimum absolute atomic E-state index is 0.0723. The fraction of sp³-hybridized carbons (Fsp3) is 0.400. The number of alkyl carbamates (subject to hydrolysis) is 1. The van der Waals surface area contributed by atoms with Crippen LogP contribution in [0.3, 0.4) is 0 Å². The van der Waals surface area contributed by atoms with E-state index in [9.17, 15) is 19.5 Å². The number of hydrogen-bond acceptors (Lipinski definition) is 7.